The van der Waals surface area contributed by atoms with Crippen LogP contribution < -0.4 is 0 Å². The summed E-state index contributed by atoms with van der Waals surface area (Å²) in [7, 11) is 1.15. The Kier molecular flexibility index (Phi) is 5.17. The van der Waals surface area contributed by atoms with Gasteiger partial charge in [-0.25, -0.2) is 4.79 Å². The molecular formula is C16H9BrF6O2. The minimum absolute atomic E-state index is 0.0558. The van der Waals surface area contributed by atoms with E-state index >= 15 is 0 Å². The minimum atomic E-state index is -4.94. The summed E-state index contributed by atoms with van der Waals surface area (Å²) in [5.41, 5.74) is -2.95. The van der Waals surface area contributed by atoms with Gasteiger partial charge in [0, 0.05) is 4.47 Å². The van der Waals surface area contributed by atoms with E-state index in [-0.39, 0.29) is 27.2 Å². The summed E-state index contributed by atoms with van der Waals surface area (Å²) in [6.45, 7) is 0. The number of carbonyl (C=O) groups excluding carboxylic acids is 1. The summed E-state index contributed by atoms with van der Waals surface area (Å²) < 4.78 is 82.2. The van der Waals surface area contributed by atoms with Crippen molar-refractivity contribution in [3.8, 4) is 11.1 Å². The third-order valence-electron chi connectivity index (χ3n) is 3.29. The Hall–Kier alpha value is -2.03. The summed E-state index contributed by atoms with van der Waals surface area (Å²) in [6.07, 6.45) is -9.87. The van der Waals surface area contributed by atoms with Crippen molar-refractivity contribution < 1.29 is 35.9 Å². The highest BCUT2D eigenvalue weighted by Gasteiger charge is 2.37. The van der Waals surface area contributed by atoms with Crippen molar-refractivity contribution >= 4 is 21.9 Å². The van der Waals surface area contributed by atoms with Crippen molar-refractivity contribution in [3.05, 3.63) is 57.6 Å². The summed E-state index contributed by atoms with van der Waals surface area (Å²) >= 11 is 3.06. The van der Waals surface area contributed by atoms with Gasteiger partial charge in [-0.3, -0.25) is 0 Å². The molecule has 2 rings (SSSR count). The Bertz CT molecular complexity index is 779. The van der Waals surface area contributed by atoms with Crippen LogP contribution in [-0.4, -0.2) is 13.1 Å². The maximum atomic E-state index is 12.9. The molecule has 0 unspecified atom stereocenters. The molecule has 0 saturated heterocycles. The number of hydrogen-bond acceptors (Lipinski definition) is 2. The van der Waals surface area contributed by atoms with Gasteiger partial charge < -0.3 is 4.74 Å². The first-order valence-electron chi connectivity index (χ1n) is 6.61. The van der Waals surface area contributed by atoms with E-state index in [2.05, 4.69) is 20.7 Å². The summed E-state index contributed by atoms with van der Waals surface area (Å²) in [6, 6.07) is 5.04. The Morgan fingerprint density at radius 2 is 1.44 bits per heavy atom. The highest BCUT2D eigenvalue weighted by Crippen LogP contribution is 2.40. The molecule has 0 bridgehead atoms. The van der Waals surface area contributed by atoms with Crippen molar-refractivity contribution in [2.24, 2.45) is 0 Å². The monoisotopic (exact) mass is 426 g/mol. The van der Waals surface area contributed by atoms with E-state index in [0.29, 0.717) is 12.1 Å². The number of esters is 1. The molecule has 0 spiro atoms. The Morgan fingerprint density at radius 3 is 1.84 bits per heavy atom. The molecule has 0 radical (unpaired) electrons. The third-order valence-corrected chi connectivity index (χ3v) is 3.94. The molecular weight excluding hydrogens is 418 g/mol. The lowest BCUT2D eigenvalue weighted by Crippen LogP contribution is -2.11. The van der Waals surface area contributed by atoms with Crippen molar-refractivity contribution in [1.82, 2.24) is 0 Å². The molecule has 0 aromatic heterocycles. The van der Waals surface area contributed by atoms with Crippen molar-refractivity contribution in [1.29, 1.82) is 0 Å². The van der Waals surface area contributed by atoms with Gasteiger partial charge in [-0.2, -0.15) is 26.3 Å². The standard InChI is InChI=1S/C16H9BrF6O2/c1-25-14(24)8-2-3-12(13(17)6-8)9-4-10(15(18,19)20)7-11(5-9)16(21,22)23/h2-7H,1H3. The second-order valence-corrected chi connectivity index (χ2v) is 5.84. The maximum Gasteiger partial charge on any atom is 0.416 e. The van der Waals surface area contributed by atoms with Crippen molar-refractivity contribution in [3.63, 3.8) is 0 Å². The van der Waals surface area contributed by atoms with Gasteiger partial charge in [0.25, 0.3) is 0 Å². The van der Waals surface area contributed by atoms with Crippen molar-refractivity contribution in [2.75, 3.05) is 7.11 Å². The van der Waals surface area contributed by atoms with Gasteiger partial charge in [0.1, 0.15) is 0 Å². The predicted molar refractivity (Wildman–Crippen MR) is 80.9 cm³/mol. The first kappa shape index (κ1) is 19.3. The van der Waals surface area contributed by atoms with Crippen LogP contribution in [0.2, 0.25) is 0 Å². The van der Waals surface area contributed by atoms with Crippen molar-refractivity contribution in [2.45, 2.75) is 12.4 Å². The lowest BCUT2D eigenvalue weighted by molar-refractivity contribution is -0.143. The highest BCUT2D eigenvalue weighted by atomic mass is 79.9. The number of rotatable bonds is 2. The molecule has 0 aliphatic heterocycles. The molecule has 25 heavy (non-hydrogen) atoms. The highest BCUT2D eigenvalue weighted by molar-refractivity contribution is 9.10. The van der Waals surface area contributed by atoms with Crippen LogP contribution in [0.25, 0.3) is 11.1 Å². The first-order chi connectivity index (χ1) is 11.4. The number of halogens is 7. The Balaban J connectivity index is 2.64. The zero-order chi connectivity index (χ0) is 19.0. The SMILES string of the molecule is COC(=O)c1ccc(-c2cc(C(F)(F)F)cc(C(F)(F)F)c2)c(Br)c1. The van der Waals surface area contributed by atoms with E-state index < -0.39 is 29.4 Å². The van der Waals surface area contributed by atoms with Gasteiger partial charge in [0.05, 0.1) is 23.8 Å². The quantitative estimate of drug-likeness (QED) is 0.438. The predicted octanol–water partition coefficient (Wildman–Crippen LogP) is 5.94. The zero-order valence-electron chi connectivity index (χ0n) is 12.4. The molecule has 9 heteroatoms. The van der Waals surface area contributed by atoms with Gasteiger partial charge in [0.15, 0.2) is 0 Å². The van der Waals surface area contributed by atoms with E-state index in [1.165, 1.54) is 18.2 Å². The van der Waals surface area contributed by atoms with Crippen LogP contribution in [0.15, 0.2) is 40.9 Å². The molecule has 0 fully saturated rings. The second-order valence-electron chi connectivity index (χ2n) is 4.98. The molecule has 0 saturated carbocycles. The summed E-state index contributed by atoms with van der Waals surface area (Å²) in [5, 5.41) is 0. The number of alkyl halides is 6. The van der Waals surface area contributed by atoms with E-state index in [0.717, 1.165) is 7.11 Å². The molecule has 0 amide bonds. The Labute approximate surface area is 146 Å². The molecule has 134 valence electrons. The van der Waals surface area contributed by atoms with Crippen LogP contribution in [0.3, 0.4) is 0 Å². The smallest absolute Gasteiger partial charge is 0.416 e. The van der Waals surface area contributed by atoms with Crippen LogP contribution in [0, 0.1) is 0 Å². The second kappa shape index (κ2) is 6.70. The van der Waals surface area contributed by atoms with Crippen LogP contribution in [0.4, 0.5) is 26.3 Å². The van der Waals surface area contributed by atoms with Crippen LogP contribution in [0.1, 0.15) is 21.5 Å². The van der Waals surface area contributed by atoms with Gasteiger partial charge in [-0.1, -0.05) is 22.0 Å². The van der Waals surface area contributed by atoms with Crippen LogP contribution in [-0.2, 0) is 17.1 Å². The van der Waals surface area contributed by atoms with E-state index in [1.54, 1.807) is 0 Å². The van der Waals surface area contributed by atoms with Crippen LogP contribution >= 0.6 is 15.9 Å². The minimum Gasteiger partial charge on any atom is -0.465 e. The van der Waals surface area contributed by atoms with Gasteiger partial charge in [-0.15, -0.1) is 0 Å². The van der Waals surface area contributed by atoms with E-state index in [1.807, 2.05) is 0 Å². The number of carbonyl (C=O) groups is 1. The largest absolute Gasteiger partial charge is 0.465 e. The van der Waals surface area contributed by atoms with E-state index in [4.69, 9.17) is 0 Å². The normalized spacial score (nSPS) is 12.2. The molecule has 0 aliphatic carbocycles. The lowest BCUT2D eigenvalue weighted by atomic mass is 9.98. The first-order valence-corrected chi connectivity index (χ1v) is 7.40. The molecule has 0 N–H and O–H groups in total. The number of hydrogen-bond donors (Lipinski definition) is 0. The molecule has 2 nitrogen and oxygen atoms in total. The fourth-order valence-electron chi connectivity index (χ4n) is 2.10. The fourth-order valence-corrected chi connectivity index (χ4v) is 2.71. The molecule has 2 aromatic rings. The Morgan fingerprint density at radius 1 is 0.920 bits per heavy atom. The number of methoxy groups -OCH3 is 1. The van der Waals surface area contributed by atoms with Gasteiger partial charge in [0.2, 0.25) is 0 Å². The lowest BCUT2D eigenvalue weighted by Gasteiger charge is -2.15. The zero-order valence-corrected chi connectivity index (χ0v) is 14.0. The third kappa shape index (κ3) is 4.33. The molecule has 0 heterocycles. The number of benzene rings is 2. The van der Waals surface area contributed by atoms with Crippen LogP contribution in [0.5, 0.6) is 0 Å². The summed E-state index contributed by atoms with van der Waals surface area (Å²) in [4.78, 5) is 11.4. The van der Waals surface area contributed by atoms with Gasteiger partial charge >= 0.3 is 18.3 Å². The molecule has 0 aliphatic rings. The van der Waals surface area contributed by atoms with E-state index in [9.17, 15) is 31.1 Å². The summed E-state index contributed by atoms with van der Waals surface area (Å²) in [5.74, 6) is -0.688. The van der Waals surface area contributed by atoms with Gasteiger partial charge in [-0.05, 0) is 41.5 Å². The molecule has 2 aromatic carbocycles. The average molecular weight is 427 g/mol. The maximum absolute atomic E-state index is 12.9. The fraction of sp³-hybridized carbons (Fsp3) is 0.188. The number of ether oxygens (including phenoxy) is 1. The topological polar surface area (TPSA) is 26.3 Å². The molecule has 0 atom stereocenters. The average Bonchev–Trinajstić information content (AvgIpc) is 2.51.